The summed E-state index contributed by atoms with van der Waals surface area (Å²) >= 11 is 0. The van der Waals surface area contributed by atoms with Crippen molar-refractivity contribution in [2.75, 3.05) is 64.6 Å². The number of alkyl carbamates (subject to hydrolysis) is 1. The lowest BCUT2D eigenvalue weighted by atomic mass is 9.76. The Morgan fingerprint density at radius 3 is 1.70 bits per heavy atom. The first-order chi connectivity index (χ1) is 43.6. The molecule has 1 aliphatic heterocycles. The number of carbonyl (C=O) groups is 4. The number of imidazole rings is 1. The first-order valence-electron chi connectivity index (χ1n) is 29.3. The molecule has 1 aromatic heterocycles. The molecule has 0 spiro atoms. The molecule has 0 aliphatic carbocycles. The minimum absolute atomic E-state index is 0.0185. The highest BCUT2D eigenvalue weighted by molar-refractivity contribution is 7.89. The maximum Gasteiger partial charge on any atom is 0.407 e. The monoisotopic (exact) mass is 1260 g/mol. The second-order valence-electron chi connectivity index (χ2n) is 20.9. The molecule has 2 heterocycles. The number of aliphatic carboxylic acids is 1. The Morgan fingerprint density at radius 1 is 0.622 bits per heavy atom. The number of hydrogen-bond acceptors (Lipinski definition) is 15. The lowest BCUT2D eigenvalue weighted by Gasteiger charge is -2.38. The van der Waals surface area contributed by atoms with Crippen LogP contribution in [-0.2, 0) is 67.3 Å². The summed E-state index contributed by atoms with van der Waals surface area (Å²) < 4.78 is 81.8. The van der Waals surface area contributed by atoms with E-state index in [0.29, 0.717) is 81.7 Å². The number of rotatable bonds is 33. The largest absolute Gasteiger partial charge is 0.480 e. The quantitative estimate of drug-likeness (QED) is 0.0166. The van der Waals surface area contributed by atoms with Crippen molar-refractivity contribution in [2.24, 2.45) is 10.9 Å². The summed E-state index contributed by atoms with van der Waals surface area (Å²) in [5.74, 6) is -3.24. The van der Waals surface area contributed by atoms with Gasteiger partial charge in [-0.3, -0.25) is 19.0 Å². The third kappa shape index (κ3) is 16.7. The van der Waals surface area contributed by atoms with E-state index >= 15 is 0 Å². The number of hydrogen-bond donors (Lipinski definition) is 6. The van der Waals surface area contributed by atoms with Crippen molar-refractivity contribution >= 4 is 61.1 Å². The summed E-state index contributed by atoms with van der Waals surface area (Å²) in [7, 11) is -8.34. The number of ether oxygens (including phenoxy) is 4. The number of carboxylic acids is 1. The van der Waals surface area contributed by atoms with Crippen LogP contribution in [-0.4, -0.2) is 126 Å². The molecule has 23 heteroatoms. The molecular formula is C67H70N8O13S2. The number of fused-ring (bicyclic) bond motifs is 1. The number of amides is 2. The highest BCUT2D eigenvalue weighted by Gasteiger charge is 2.40. The minimum Gasteiger partial charge on any atom is -0.480 e. The average molecular weight is 1260 g/mol. The van der Waals surface area contributed by atoms with E-state index in [9.17, 15) is 41.1 Å². The standard InChI is InChI=1S/C67H70N8O13S2/c1-48-61(73-59-44-50(24-33-58(59)62(48)76)45-71-65-68-36-37-75(65)67(53-18-8-3-9-19-53,54-20-10-4-11-21-54)55-22-12-5-13-23-55)63(77)70-46-60(64(78)79)74-90(83,84)57-31-27-52(28-32-57)51-25-29-56(30-26-51)89(81,82)72-35-15-39-86-41-43-87-42-40-85-38-14-34-69-66(80)88-47-49-16-6-2-7-17-49/h2-13,16-33,36-37,44,48,60,72,74H,14-15,34-35,38-43,45-47H2,1H3,(H,68,71)(H,69,80)(H,70,77)(H,78,79). The Kier molecular flexibility index (Phi) is 22.7. The zero-order chi connectivity index (χ0) is 63.4. The maximum absolute atomic E-state index is 13.8. The van der Waals surface area contributed by atoms with E-state index in [1.54, 1.807) is 36.5 Å². The van der Waals surface area contributed by atoms with Crippen LogP contribution in [0.3, 0.4) is 0 Å². The van der Waals surface area contributed by atoms with Crippen molar-refractivity contribution in [1.29, 1.82) is 0 Å². The number of carboxylic acid groups (broad SMARTS) is 1. The third-order valence-electron chi connectivity index (χ3n) is 14.8. The van der Waals surface area contributed by atoms with Crippen LogP contribution in [0, 0.1) is 5.92 Å². The Labute approximate surface area is 523 Å². The van der Waals surface area contributed by atoms with Crippen molar-refractivity contribution in [3.63, 3.8) is 0 Å². The lowest BCUT2D eigenvalue weighted by Crippen LogP contribution is -2.50. The number of nitrogens with one attached hydrogen (secondary N) is 5. The molecule has 2 atom stereocenters. The van der Waals surface area contributed by atoms with Crippen molar-refractivity contribution in [2.45, 2.75) is 54.3 Å². The van der Waals surface area contributed by atoms with E-state index in [1.807, 2.05) is 91.1 Å². The van der Waals surface area contributed by atoms with Gasteiger partial charge in [-0.1, -0.05) is 152 Å². The van der Waals surface area contributed by atoms with E-state index in [-0.39, 0.29) is 46.7 Å². The Morgan fingerprint density at radius 2 is 1.14 bits per heavy atom. The van der Waals surface area contributed by atoms with Crippen LogP contribution in [0.4, 0.5) is 16.4 Å². The number of anilines is 1. The van der Waals surface area contributed by atoms with Gasteiger partial charge in [0.2, 0.25) is 26.0 Å². The first kappa shape index (κ1) is 65.3. The second kappa shape index (κ2) is 31.3. The normalized spacial score (nSPS) is 13.6. The highest BCUT2D eigenvalue weighted by atomic mass is 32.2. The van der Waals surface area contributed by atoms with Crippen molar-refractivity contribution in [1.82, 2.24) is 29.6 Å². The summed E-state index contributed by atoms with van der Waals surface area (Å²) in [6.45, 7) is 3.96. The number of carbonyl (C=O) groups excluding carboxylic acids is 3. The van der Waals surface area contributed by atoms with Crippen molar-refractivity contribution < 1.29 is 60.1 Å². The van der Waals surface area contributed by atoms with Gasteiger partial charge >= 0.3 is 12.1 Å². The molecule has 8 aromatic rings. The minimum atomic E-state index is -4.47. The number of nitrogens with zero attached hydrogens (tertiary/aromatic N) is 3. The van der Waals surface area contributed by atoms with Crippen LogP contribution in [0.5, 0.6) is 0 Å². The molecule has 6 N–H and O–H groups in total. The fourth-order valence-electron chi connectivity index (χ4n) is 10.2. The van der Waals surface area contributed by atoms with Crippen LogP contribution >= 0.6 is 0 Å². The zero-order valence-corrected chi connectivity index (χ0v) is 51.0. The molecule has 1 aliphatic rings. The Hall–Kier alpha value is -9.20. The van der Waals surface area contributed by atoms with E-state index in [4.69, 9.17) is 23.9 Å². The van der Waals surface area contributed by atoms with Crippen LogP contribution in [0.2, 0.25) is 0 Å². The predicted molar refractivity (Wildman–Crippen MR) is 339 cm³/mol. The number of sulfonamides is 2. The molecule has 90 heavy (non-hydrogen) atoms. The van der Waals surface area contributed by atoms with Gasteiger partial charge in [0.25, 0.3) is 5.91 Å². The van der Waals surface area contributed by atoms with Crippen LogP contribution in [0.25, 0.3) is 11.1 Å². The summed E-state index contributed by atoms with van der Waals surface area (Å²) in [4.78, 5) is 60.9. The van der Waals surface area contributed by atoms with Crippen molar-refractivity contribution in [3.05, 3.63) is 234 Å². The number of benzene rings is 7. The number of aromatic nitrogens is 2. The molecule has 0 radical (unpaired) electrons. The van der Waals surface area contributed by atoms with Gasteiger partial charge in [0.05, 0.1) is 47.8 Å². The van der Waals surface area contributed by atoms with E-state index in [2.05, 4.69) is 71.4 Å². The van der Waals surface area contributed by atoms with Gasteiger partial charge in [0.1, 0.15) is 23.9 Å². The highest BCUT2D eigenvalue weighted by Crippen LogP contribution is 2.42. The van der Waals surface area contributed by atoms with Crippen molar-refractivity contribution in [3.8, 4) is 11.1 Å². The molecule has 0 bridgehead atoms. The molecule has 2 amide bonds. The lowest BCUT2D eigenvalue weighted by molar-refractivity contribution is -0.138. The molecule has 0 saturated carbocycles. The topological polar surface area (TPSA) is 284 Å². The smallest absolute Gasteiger partial charge is 0.407 e. The van der Waals surface area contributed by atoms with Gasteiger partial charge in [-0.05, 0) is 95.1 Å². The average Bonchev–Trinajstić information content (AvgIpc) is 1.23. The third-order valence-corrected chi connectivity index (χ3v) is 17.8. The molecule has 21 nitrogen and oxygen atoms in total. The first-order valence-corrected chi connectivity index (χ1v) is 32.2. The molecule has 468 valence electrons. The molecule has 9 rings (SSSR count). The second-order valence-corrected chi connectivity index (χ2v) is 24.4. The zero-order valence-electron chi connectivity index (χ0n) is 49.4. The van der Waals surface area contributed by atoms with Gasteiger partial charge < -0.3 is 40.0 Å². The molecule has 0 saturated heterocycles. The van der Waals surface area contributed by atoms with Crippen LogP contribution in [0.15, 0.2) is 215 Å². The molecule has 2 unspecified atom stereocenters. The van der Waals surface area contributed by atoms with Gasteiger partial charge in [-0.25, -0.2) is 36.3 Å². The van der Waals surface area contributed by atoms with Crippen LogP contribution in [0.1, 0.15) is 57.9 Å². The fraction of sp³-hybridized carbons (Fsp3) is 0.254. The summed E-state index contributed by atoms with van der Waals surface area (Å²) in [6, 6.07) is 54.7. The van der Waals surface area contributed by atoms with Gasteiger partial charge in [-0.2, -0.15) is 4.72 Å². The van der Waals surface area contributed by atoms with Gasteiger partial charge in [0.15, 0.2) is 5.78 Å². The van der Waals surface area contributed by atoms with E-state index in [1.165, 1.54) is 43.3 Å². The van der Waals surface area contributed by atoms with Gasteiger partial charge in [-0.15, -0.1) is 0 Å². The Balaban J connectivity index is 0.716. The van der Waals surface area contributed by atoms with E-state index < -0.39 is 62.1 Å². The fourth-order valence-corrected chi connectivity index (χ4v) is 12.4. The Bertz CT molecular complexity index is 3860. The SMILES string of the molecule is CC1C(=O)c2ccc(CNc3nccn3C(c3ccccc3)(c3ccccc3)c3ccccc3)cc2N=C1C(=O)NCC(NS(=O)(=O)c1ccc(-c2ccc(S(=O)(=O)NCCCOCCOCCOCCCNC(=O)OCc3ccccc3)cc2)cc1)C(=O)O. The summed E-state index contributed by atoms with van der Waals surface area (Å²) in [5.41, 5.74) is 5.30. The number of ketones is 1. The summed E-state index contributed by atoms with van der Waals surface area (Å²) in [5, 5.41) is 18.8. The predicted octanol–water partition coefficient (Wildman–Crippen LogP) is 8.49. The summed E-state index contributed by atoms with van der Waals surface area (Å²) in [6.07, 6.45) is 4.20. The molecular weight excluding hydrogens is 1190 g/mol. The number of aliphatic imine (C=N–C) groups is 1. The molecule has 7 aromatic carbocycles. The van der Waals surface area contributed by atoms with E-state index in [0.717, 1.165) is 27.8 Å². The van der Waals surface area contributed by atoms with Crippen LogP contribution < -0.4 is 25.4 Å². The number of Topliss-reactive ketones (excluding diaryl/α,β-unsaturated/α-hetero) is 1. The molecule has 0 fully saturated rings. The maximum atomic E-state index is 13.8. The van der Waals surface area contributed by atoms with Gasteiger partial charge in [0, 0.05) is 57.3 Å².